The van der Waals surface area contributed by atoms with Gasteiger partial charge in [0.05, 0.1) is 25.0 Å². The van der Waals surface area contributed by atoms with Crippen molar-refractivity contribution >= 4 is 21.7 Å². The van der Waals surface area contributed by atoms with Crippen LogP contribution in [0, 0.1) is 0 Å². The van der Waals surface area contributed by atoms with Gasteiger partial charge in [-0.3, -0.25) is 0 Å². The molecule has 2 aromatic rings. The van der Waals surface area contributed by atoms with E-state index in [1.165, 1.54) is 0 Å². The van der Waals surface area contributed by atoms with Gasteiger partial charge in [0.2, 0.25) is 0 Å². The highest BCUT2D eigenvalue weighted by molar-refractivity contribution is 9.10. The summed E-state index contributed by atoms with van der Waals surface area (Å²) in [5, 5.41) is 0. The van der Waals surface area contributed by atoms with Gasteiger partial charge in [0.25, 0.3) is 0 Å². The van der Waals surface area contributed by atoms with Crippen molar-refractivity contribution in [2.24, 2.45) is 0 Å². The first kappa shape index (κ1) is 13.8. The Bertz CT molecular complexity index is 590. The Balaban J connectivity index is 2.54. The molecule has 0 bridgehead atoms. The maximum atomic E-state index is 5.80. The third kappa shape index (κ3) is 3.21. The van der Waals surface area contributed by atoms with Crippen molar-refractivity contribution in [2.75, 3.05) is 20.0 Å². The quantitative estimate of drug-likeness (QED) is 0.936. The number of nitrogens with two attached hydrogens (primary N) is 1. The van der Waals surface area contributed by atoms with Crippen molar-refractivity contribution in [1.29, 1.82) is 0 Å². The molecule has 0 amide bonds. The Kier molecular flexibility index (Phi) is 4.34. The molecule has 0 radical (unpaired) electrons. The number of ether oxygens (including phenoxy) is 2. The molecule has 1 aromatic carbocycles. The molecule has 100 valence electrons. The van der Waals surface area contributed by atoms with Crippen LogP contribution in [0.25, 0.3) is 11.4 Å². The minimum Gasteiger partial charge on any atom is -0.496 e. The molecule has 1 aromatic heterocycles. The lowest BCUT2D eigenvalue weighted by molar-refractivity contribution is 0.181. The van der Waals surface area contributed by atoms with Crippen LogP contribution in [0.4, 0.5) is 5.82 Å². The molecule has 0 aliphatic heterocycles. The van der Waals surface area contributed by atoms with Gasteiger partial charge in [-0.2, -0.15) is 0 Å². The molecule has 0 spiro atoms. The summed E-state index contributed by atoms with van der Waals surface area (Å²) in [6, 6.07) is 7.33. The lowest BCUT2D eigenvalue weighted by Crippen LogP contribution is -2.02. The second kappa shape index (κ2) is 5.99. The lowest BCUT2D eigenvalue weighted by Gasteiger charge is -2.10. The van der Waals surface area contributed by atoms with Crippen LogP contribution in [-0.2, 0) is 11.3 Å². The fraction of sp³-hybridized carbons (Fsp3) is 0.231. The van der Waals surface area contributed by atoms with Gasteiger partial charge in [-0.15, -0.1) is 0 Å². The van der Waals surface area contributed by atoms with Gasteiger partial charge < -0.3 is 15.2 Å². The van der Waals surface area contributed by atoms with Crippen molar-refractivity contribution in [3.8, 4) is 17.1 Å². The predicted octanol–water partition coefficient (Wildman–Crippen LogP) is 2.64. The zero-order valence-corrected chi connectivity index (χ0v) is 12.3. The zero-order chi connectivity index (χ0) is 13.8. The Morgan fingerprint density at radius 3 is 2.68 bits per heavy atom. The fourth-order valence-electron chi connectivity index (χ4n) is 1.72. The summed E-state index contributed by atoms with van der Waals surface area (Å²) < 4.78 is 11.3. The number of nitrogens with zero attached hydrogens (tertiary/aromatic N) is 2. The summed E-state index contributed by atoms with van der Waals surface area (Å²) in [6.07, 6.45) is 0. The van der Waals surface area contributed by atoms with E-state index in [1.54, 1.807) is 20.3 Å². The predicted molar refractivity (Wildman–Crippen MR) is 76.8 cm³/mol. The number of hydrogen-bond donors (Lipinski definition) is 1. The van der Waals surface area contributed by atoms with Gasteiger partial charge in [-0.1, -0.05) is 15.9 Å². The van der Waals surface area contributed by atoms with Crippen LogP contribution in [-0.4, -0.2) is 24.2 Å². The van der Waals surface area contributed by atoms with Crippen LogP contribution < -0.4 is 10.5 Å². The maximum Gasteiger partial charge on any atom is 0.165 e. The molecule has 19 heavy (non-hydrogen) atoms. The van der Waals surface area contributed by atoms with E-state index in [0.717, 1.165) is 15.7 Å². The minimum absolute atomic E-state index is 0.385. The van der Waals surface area contributed by atoms with E-state index >= 15 is 0 Å². The number of nitrogen functional groups attached to an aromatic ring is 1. The van der Waals surface area contributed by atoms with Crippen molar-refractivity contribution in [3.63, 3.8) is 0 Å². The second-order valence-electron chi connectivity index (χ2n) is 3.89. The largest absolute Gasteiger partial charge is 0.496 e. The Morgan fingerprint density at radius 1 is 1.21 bits per heavy atom. The number of halogens is 1. The summed E-state index contributed by atoms with van der Waals surface area (Å²) in [7, 11) is 3.22. The van der Waals surface area contributed by atoms with E-state index in [4.69, 9.17) is 15.2 Å². The van der Waals surface area contributed by atoms with E-state index < -0.39 is 0 Å². The van der Waals surface area contributed by atoms with Gasteiger partial charge in [-0.25, -0.2) is 9.97 Å². The molecular weight excluding hydrogens is 310 g/mol. The smallest absolute Gasteiger partial charge is 0.165 e. The van der Waals surface area contributed by atoms with Crippen LogP contribution in [0.5, 0.6) is 5.75 Å². The number of anilines is 1. The number of rotatable bonds is 4. The summed E-state index contributed by atoms with van der Waals surface area (Å²) in [4.78, 5) is 8.67. The molecule has 6 heteroatoms. The van der Waals surface area contributed by atoms with Gasteiger partial charge in [0, 0.05) is 17.6 Å². The van der Waals surface area contributed by atoms with E-state index in [1.807, 2.05) is 18.2 Å². The van der Waals surface area contributed by atoms with Crippen LogP contribution in [0.2, 0.25) is 0 Å². The standard InChI is InChI=1S/C13H14BrN3O2/c1-18-7-9-6-12(15)17-13(16-9)10-5-8(14)3-4-11(10)19-2/h3-6H,7H2,1-2H3,(H2,15,16,17). The zero-order valence-electron chi connectivity index (χ0n) is 10.7. The molecule has 0 atom stereocenters. The van der Waals surface area contributed by atoms with Crippen molar-refractivity contribution in [1.82, 2.24) is 9.97 Å². The van der Waals surface area contributed by atoms with Crippen LogP contribution in [0.1, 0.15) is 5.69 Å². The lowest BCUT2D eigenvalue weighted by atomic mass is 10.2. The van der Waals surface area contributed by atoms with Gasteiger partial charge in [-0.05, 0) is 18.2 Å². The first-order valence-corrected chi connectivity index (χ1v) is 6.39. The third-order valence-corrected chi connectivity index (χ3v) is 2.99. The normalized spacial score (nSPS) is 10.5. The highest BCUT2D eigenvalue weighted by atomic mass is 79.9. The molecule has 0 aliphatic carbocycles. The molecule has 0 unspecified atom stereocenters. The third-order valence-electron chi connectivity index (χ3n) is 2.49. The molecule has 2 rings (SSSR count). The van der Waals surface area contributed by atoms with E-state index in [9.17, 15) is 0 Å². The maximum absolute atomic E-state index is 5.80. The van der Waals surface area contributed by atoms with Gasteiger partial charge >= 0.3 is 0 Å². The van der Waals surface area contributed by atoms with Crippen molar-refractivity contribution in [3.05, 3.63) is 34.4 Å². The minimum atomic E-state index is 0.385. The van der Waals surface area contributed by atoms with E-state index in [0.29, 0.717) is 24.0 Å². The van der Waals surface area contributed by atoms with Crippen molar-refractivity contribution in [2.45, 2.75) is 6.61 Å². The number of hydrogen-bond acceptors (Lipinski definition) is 5. The average Bonchev–Trinajstić information content (AvgIpc) is 2.38. The molecule has 2 N–H and O–H groups in total. The van der Waals surface area contributed by atoms with Gasteiger partial charge in [0.1, 0.15) is 11.6 Å². The molecule has 0 fully saturated rings. The molecular formula is C13H14BrN3O2. The van der Waals surface area contributed by atoms with Crippen LogP contribution in [0.15, 0.2) is 28.7 Å². The summed E-state index contributed by atoms with van der Waals surface area (Å²) in [5.41, 5.74) is 7.31. The first-order chi connectivity index (χ1) is 9.13. The Hall–Kier alpha value is -1.66. The fourth-order valence-corrected chi connectivity index (χ4v) is 2.08. The van der Waals surface area contributed by atoms with Crippen LogP contribution >= 0.6 is 15.9 Å². The SMILES string of the molecule is COCc1cc(N)nc(-c2cc(Br)ccc2OC)n1. The highest BCUT2D eigenvalue weighted by Gasteiger charge is 2.11. The number of methoxy groups -OCH3 is 2. The average molecular weight is 324 g/mol. The Labute approximate surface area is 119 Å². The molecule has 0 saturated carbocycles. The highest BCUT2D eigenvalue weighted by Crippen LogP contribution is 2.31. The Morgan fingerprint density at radius 2 is 2.00 bits per heavy atom. The van der Waals surface area contributed by atoms with E-state index in [2.05, 4.69) is 25.9 Å². The monoisotopic (exact) mass is 323 g/mol. The summed E-state index contributed by atoms with van der Waals surface area (Å²) in [5.74, 6) is 1.61. The summed E-state index contributed by atoms with van der Waals surface area (Å²) >= 11 is 3.42. The number of aromatic nitrogens is 2. The van der Waals surface area contributed by atoms with Crippen LogP contribution in [0.3, 0.4) is 0 Å². The van der Waals surface area contributed by atoms with E-state index in [-0.39, 0.29) is 0 Å². The van der Waals surface area contributed by atoms with Gasteiger partial charge in [0.15, 0.2) is 5.82 Å². The van der Waals surface area contributed by atoms with Crippen molar-refractivity contribution < 1.29 is 9.47 Å². The summed E-state index contributed by atoms with van der Waals surface area (Å²) in [6.45, 7) is 0.385. The molecule has 5 nitrogen and oxygen atoms in total. The molecule has 0 saturated heterocycles. The first-order valence-electron chi connectivity index (χ1n) is 5.60. The number of benzene rings is 1. The molecule has 1 heterocycles. The molecule has 0 aliphatic rings. The second-order valence-corrected chi connectivity index (χ2v) is 4.80. The topological polar surface area (TPSA) is 70.3 Å².